The third-order valence-corrected chi connectivity index (χ3v) is 3.01. The highest BCUT2D eigenvalue weighted by Gasteiger charge is 2.12. The van der Waals surface area contributed by atoms with E-state index in [2.05, 4.69) is 15.9 Å². The minimum absolute atomic E-state index is 0.0990. The van der Waals surface area contributed by atoms with Gasteiger partial charge < -0.3 is 20.3 Å². The van der Waals surface area contributed by atoms with Crippen molar-refractivity contribution in [2.24, 2.45) is 5.73 Å². The van der Waals surface area contributed by atoms with E-state index in [0.717, 1.165) is 10.0 Å². The maximum atomic E-state index is 9.75. The molecular formula is C14H22BrNO3. The fourth-order valence-corrected chi connectivity index (χ4v) is 1.92. The van der Waals surface area contributed by atoms with Crippen LogP contribution < -0.4 is 10.5 Å². The molecule has 3 N–H and O–H groups in total. The molecular weight excluding hydrogens is 310 g/mol. The van der Waals surface area contributed by atoms with Crippen LogP contribution in [0.5, 0.6) is 5.75 Å². The minimum atomic E-state index is -0.646. The Labute approximate surface area is 123 Å². The molecule has 1 aromatic rings. The molecule has 0 saturated carbocycles. The van der Waals surface area contributed by atoms with Crippen LogP contribution in [0.15, 0.2) is 22.7 Å². The third kappa shape index (κ3) is 5.91. The highest BCUT2D eigenvalue weighted by molar-refractivity contribution is 9.10. The fourth-order valence-electron chi connectivity index (χ4n) is 1.54. The van der Waals surface area contributed by atoms with E-state index < -0.39 is 6.10 Å². The van der Waals surface area contributed by atoms with E-state index in [-0.39, 0.29) is 25.4 Å². The molecule has 0 fully saturated rings. The number of aliphatic hydroxyl groups is 1. The van der Waals surface area contributed by atoms with Crippen LogP contribution in [0.25, 0.3) is 0 Å². The Morgan fingerprint density at radius 3 is 2.53 bits per heavy atom. The first-order valence-electron chi connectivity index (χ1n) is 6.37. The number of aliphatic hydroxyl groups excluding tert-OH is 1. The molecule has 0 amide bonds. The van der Waals surface area contributed by atoms with Crippen molar-refractivity contribution in [1.82, 2.24) is 0 Å². The molecule has 0 aliphatic carbocycles. The van der Waals surface area contributed by atoms with Crippen molar-refractivity contribution in [3.63, 3.8) is 0 Å². The molecule has 0 spiro atoms. The molecule has 0 radical (unpaired) electrons. The maximum absolute atomic E-state index is 9.75. The van der Waals surface area contributed by atoms with Gasteiger partial charge in [-0.15, -0.1) is 0 Å². The largest absolute Gasteiger partial charge is 0.490 e. The molecule has 1 rings (SSSR count). The van der Waals surface area contributed by atoms with Gasteiger partial charge >= 0.3 is 0 Å². The molecule has 5 heteroatoms. The monoisotopic (exact) mass is 331 g/mol. The lowest BCUT2D eigenvalue weighted by molar-refractivity contribution is -0.0124. The molecule has 0 saturated heterocycles. The number of ether oxygens (including phenoxy) is 2. The topological polar surface area (TPSA) is 64.7 Å². The molecule has 0 bridgehead atoms. The highest BCUT2D eigenvalue weighted by atomic mass is 79.9. The minimum Gasteiger partial charge on any atom is -0.490 e. The lowest BCUT2D eigenvalue weighted by atomic mass is 10.1. The molecule has 0 heterocycles. The molecule has 108 valence electrons. The average molecular weight is 332 g/mol. The molecule has 1 aromatic carbocycles. The van der Waals surface area contributed by atoms with Gasteiger partial charge in [0.1, 0.15) is 18.5 Å². The van der Waals surface area contributed by atoms with Crippen LogP contribution >= 0.6 is 15.9 Å². The Morgan fingerprint density at radius 2 is 1.95 bits per heavy atom. The number of hydrogen-bond donors (Lipinski definition) is 2. The zero-order chi connectivity index (χ0) is 14.4. The van der Waals surface area contributed by atoms with Crippen LogP contribution in [0.4, 0.5) is 0 Å². The summed E-state index contributed by atoms with van der Waals surface area (Å²) < 4.78 is 11.9. The quantitative estimate of drug-likeness (QED) is 0.806. The number of hydrogen-bond acceptors (Lipinski definition) is 4. The summed E-state index contributed by atoms with van der Waals surface area (Å²) in [6.07, 6.45) is -0.547. The summed E-state index contributed by atoms with van der Waals surface area (Å²) in [5, 5.41) is 9.75. The fraction of sp³-hybridized carbons (Fsp3) is 0.571. The first kappa shape index (κ1) is 16.4. The van der Waals surface area contributed by atoms with Crippen molar-refractivity contribution in [2.45, 2.75) is 39.0 Å². The maximum Gasteiger partial charge on any atom is 0.124 e. The van der Waals surface area contributed by atoms with Crippen LogP contribution in [-0.4, -0.2) is 30.5 Å². The van der Waals surface area contributed by atoms with Gasteiger partial charge in [-0.2, -0.15) is 0 Å². The average Bonchev–Trinajstić information content (AvgIpc) is 2.34. The van der Waals surface area contributed by atoms with Crippen molar-refractivity contribution in [1.29, 1.82) is 0 Å². The molecule has 0 aliphatic heterocycles. The predicted octanol–water partition coefficient (Wildman–Crippen LogP) is 2.63. The summed E-state index contributed by atoms with van der Waals surface area (Å²) >= 11 is 3.40. The van der Waals surface area contributed by atoms with E-state index in [1.165, 1.54) is 0 Å². The van der Waals surface area contributed by atoms with Crippen molar-refractivity contribution >= 4 is 15.9 Å². The van der Waals surface area contributed by atoms with Gasteiger partial charge in [0.25, 0.3) is 0 Å². The molecule has 1 unspecified atom stereocenters. The zero-order valence-electron chi connectivity index (χ0n) is 11.6. The highest BCUT2D eigenvalue weighted by Crippen LogP contribution is 2.27. The molecule has 19 heavy (non-hydrogen) atoms. The number of rotatable bonds is 7. The van der Waals surface area contributed by atoms with Crippen molar-refractivity contribution in [3.8, 4) is 5.75 Å². The van der Waals surface area contributed by atoms with E-state index in [4.69, 9.17) is 15.2 Å². The summed E-state index contributed by atoms with van der Waals surface area (Å²) in [5.74, 6) is 0.696. The predicted molar refractivity (Wildman–Crippen MR) is 79.3 cm³/mol. The molecule has 4 nitrogen and oxygen atoms in total. The Morgan fingerprint density at radius 1 is 1.26 bits per heavy atom. The number of benzene rings is 1. The Hall–Kier alpha value is -0.620. The SMILES string of the molecule is CC(C)OCC(O)COc1ccc(Br)cc1[C@H](C)N. The van der Waals surface area contributed by atoms with Gasteiger partial charge in [-0.3, -0.25) is 0 Å². The summed E-state index contributed by atoms with van der Waals surface area (Å²) in [7, 11) is 0. The van der Waals surface area contributed by atoms with Gasteiger partial charge in [0, 0.05) is 16.1 Å². The van der Waals surface area contributed by atoms with Gasteiger partial charge in [0.15, 0.2) is 0 Å². The second-order valence-electron chi connectivity index (χ2n) is 4.82. The van der Waals surface area contributed by atoms with Crippen LogP contribution in [0.2, 0.25) is 0 Å². The summed E-state index contributed by atoms with van der Waals surface area (Å²) in [5.41, 5.74) is 6.81. The molecule has 0 aromatic heterocycles. The molecule has 2 atom stereocenters. The Kier molecular flexibility index (Phi) is 6.79. The van der Waals surface area contributed by atoms with Crippen LogP contribution in [0.3, 0.4) is 0 Å². The Balaban J connectivity index is 2.57. The lowest BCUT2D eigenvalue weighted by Crippen LogP contribution is -2.25. The second kappa shape index (κ2) is 7.85. The summed E-state index contributed by atoms with van der Waals surface area (Å²) in [6.45, 7) is 6.20. The lowest BCUT2D eigenvalue weighted by Gasteiger charge is -2.17. The van der Waals surface area contributed by atoms with Gasteiger partial charge in [0.05, 0.1) is 12.7 Å². The summed E-state index contributed by atoms with van der Waals surface area (Å²) in [4.78, 5) is 0. The van der Waals surface area contributed by atoms with Crippen molar-refractivity contribution in [3.05, 3.63) is 28.2 Å². The van der Waals surface area contributed by atoms with E-state index in [1.807, 2.05) is 39.0 Å². The van der Waals surface area contributed by atoms with Gasteiger partial charge in [0.2, 0.25) is 0 Å². The summed E-state index contributed by atoms with van der Waals surface area (Å²) in [6, 6.07) is 5.53. The van der Waals surface area contributed by atoms with Crippen LogP contribution in [0, 0.1) is 0 Å². The van der Waals surface area contributed by atoms with Crippen LogP contribution in [0.1, 0.15) is 32.4 Å². The third-order valence-electron chi connectivity index (χ3n) is 2.52. The first-order chi connectivity index (χ1) is 8.90. The standard InChI is InChI=1S/C14H22BrNO3/c1-9(2)18-7-12(17)8-19-14-5-4-11(15)6-13(14)10(3)16/h4-6,9-10,12,17H,7-8,16H2,1-3H3/t10-,12?/m0/s1. The van der Waals surface area contributed by atoms with Gasteiger partial charge in [-0.05, 0) is 39.0 Å². The normalized spacial score (nSPS) is 14.5. The smallest absolute Gasteiger partial charge is 0.124 e. The van der Waals surface area contributed by atoms with Crippen molar-refractivity contribution in [2.75, 3.05) is 13.2 Å². The second-order valence-corrected chi connectivity index (χ2v) is 5.73. The number of halogens is 1. The molecule has 0 aliphatic rings. The van der Waals surface area contributed by atoms with E-state index in [9.17, 15) is 5.11 Å². The Bertz CT molecular complexity index is 396. The number of nitrogens with two attached hydrogens (primary N) is 1. The first-order valence-corrected chi connectivity index (χ1v) is 7.17. The van der Waals surface area contributed by atoms with Crippen LogP contribution in [-0.2, 0) is 4.74 Å². The zero-order valence-corrected chi connectivity index (χ0v) is 13.2. The van der Waals surface area contributed by atoms with E-state index in [0.29, 0.717) is 5.75 Å². The van der Waals surface area contributed by atoms with Crippen molar-refractivity contribution < 1.29 is 14.6 Å². The van der Waals surface area contributed by atoms with Gasteiger partial charge in [-0.25, -0.2) is 0 Å². The van der Waals surface area contributed by atoms with Gasteiger partial charge in [-0.1, -0.05) is 15.9 Å². The van der Waals surface area contributed by atoms with E-state index >= 15 is 0 Å². The van der Waals surface area contributed by atoms with E-state index in [1.54, 1.807) is 0 Å².